The summed E-state index contributed by atoms with van der Waals surface area (Å²) in [6.07, 6.45) is 1.50. The first-order chi connectivity index (χ1) is 16.2. The van der Waals surface area contributed by atoms with Crippen LogP contribution in [-0.4, -0.2) is 33.0 Å². The normalized spacial score (nSPS) is 13.3. The summed E-state index contributed by atoms with van der Waals surface area (Å²) in [5.41, 5.74) is 4.09. The number of anilines is 1. The Morgan fingerprint density at radius 2 is 1.67 bits per heavy atom. The molecule has 0 radical (unpaired) electrons. The van der Waals surface area contributed by atoms with Crippen molar-refractivity contribution in [1.82, 2.24) is 14.7 Å². The molecule has 1 aliphatic heterocycles. The van der Waals surface area contributed by atoms with Crippen molar-refractivity contribution in [1.29, 1.82) is 0 Å². The number of carbonyl (C=O) groups is 2. The topological polar surface area (TPSA) is 67.2 Å². The van der Waals surface area contributed by atoms with Gasteiger partial charge < -0.3 is 10.2 Å². The van der Waals surface area contributed by atoms with E-state index in [4.69, 9.17) is 5.10 Å². The summed E-state index contributed by atoms with van der Waals surface area (Å²) >= 11 is 0. The zero-order chi connectivity index (χ0) is 22.6. The van der Waals surface area contributed by atoms with E-state index in [9.17, 15) is 9.59 Å². The lowest BCUT2D eigenvalue weighted by atomic mass is 10.1. The number of likely N-dealkylation sites (tertiary alicyclic amines) is 1. The van der Waals surface area contributed by atoms with Crippen LogP contribution in [-0.2, 0) is 11.3 Å². The van der Waals surface area contributed by atoms with Crippen LogP contribution in [0.25, 0.3) is 16.9 Å². The lowest BCUT2D eigenvalue weighted by molar-refractivity contribution is -0.128. The van der Waals surface area contributed by atoms with Gasteiger partial charge in [0.1, 0.15) is 5.82 Å². The number of hydrogen-bond acceptors (Lipinski definition) is 3. The average molecular weight is 437 g/mol. The Morgan fingerprint density at radius 3 is 2.39 bits per heavy atom. The van der Waals surface area contributed by atoms with Crippen molar-refractivity contribution in [3.8, 4) is 16.9 Å². The third-order valence-corrected chi connectivity index (χ3v) is 5.76. The second-order valence-corrected chi connectivity index (χ2v) is 8.10. The minimum absolute atomic E-state index is 0.171. The Hall–Kier alpha value is -4.19. The predicted octanol–water partition coefficient (Wildman–Crippen LogP) is 4.91. The molecule has 164 valence electrons. The summed E-state index contributed by atoms with van der Waals surface area (Å²) < 4.78 is 1.74. The van der Waals surface area contributed by atoms with E-state index in [-0.39, 0.29) is 11.8 Å². The van der Waals surface area contributed by atoms with E-state index in [0.717, 1.165) is 35.5 Å². The molecule has 0 spiro atoms. The minimum atomic E-state index is -0.221. The molecule has 0 bridgehead atoms. The van der Waals surface area contributed by atoms with E-state index in [1.54, 1.807) is 10.7 Å². The van der Waals surface area contributed by atoms with Crippen molar-refractivity contribution >= 4 is 17.6 Å². The fraction of sp³-hybridized carbons (Fsp3) is 0.148. The van der Waals surface area contributed by atoms with Crippen LogP contribution in [0, 0.1) is 0 Å². The van der Waals surface area contributed by atoms with E-state index >= 15 is 0 Å². The maximum atomic E-state index is 13.2. The van der Waals surface area contributed by atoms with Crippen molar-refractivity contribution in [2.24, 2.45) is 0 Å². The number of rotatable bonds is 6. The van der Waals surface area contributed by atoms with Gasteiger partial charge in [-0.1, -0.05) is 60.7 Å². The molecule has 0 aliphatic carbocycles. The van der Waals surface area contributed by atoms with Gasteiger partial charge in [0.15, 0.2) is 0 Å². The van der Waals surface area contributed by atoms with Crippen LogP contribution < -0.4 is 5.32 Å². The Balaban J connectivity index is 1.42. The van der Waals surface area contributed by atoms with Crippen molar-refractivity contribution < 1.29 is 9.59 Å². The fourth-order valence-electron chi connectivity index (χ4n) is 4.08. The smallest absolute Gasteiger partial charge is 0.256 e. The molecule has 3 aromatic carbocycles. The standard InChI is InChI=1S/C27H24N4O2/c32-26-15-8-16-30(26)19-20-9-7-12-22(17-20)27(33)28-25-18-24(21-10-3-1-4-11-21)29-31(25)23-13-5-2-6-14-23/h1-7,9-14,17-18H,8,15-16,19H2,(H,28,33). The van der Waals surface area contributed by atoms with Gasteiger partial charge in [0.2, 0.25) is 5.91 Å². The highest BCUT2D eigenvalue weighted by Crippen LogP contribution is 2.25. The molecular formula is C27H24N4O2. The predicted molar refractivity (Wildman–Crippen MR) is 128 cm³/mol. The third-order valence-electron chi connectivity index (χ3n) is 5.76. The molecule has 33 heavy (non-hydrogen) atoms. The van der Waals surface area contributed by atoms with Crippen molar-refractivity contribution in [3.63, 3.8) is 0 Å². The van der Waals surface area contributed by atoms with Gasteiger partial charge in [-0.05, 0) is 36.2 Å². The molecule has 2 heterocycles. The first-order valence-electron chi connectivity index (χ1n) is 11.1. The number of para-hydroxylation sites is 1. The summed E-state index contributed by atoms with van der Waals surface area (Å²) in [5, 5.41) is 7.78. The Labute approximate surface area is 192 Å². The Kier molecular flexibility index (Phi) is 5.72. The molecule has 6 nitrogen and oxygen atoms in total. The first kappa shape index (κ1) is 20.7. The van der Waals surface area contributed by atoms with Crippen LogP contribution >= 0.6 is 0 Å². The van der Waals surface area contributed by atoms with Crippen molar-refractivity contribution in [3.05, 3.63) is 102 Å². The van der Waals surface area contributed by atoms with Gasteiger partial charge in [-0.2, -0.15) is 5.10 Å². The van der Waals surface area contributed by atoms with Gasteiger partial charge in [-0.25, -0.2) is 4.68 Å². The molecule has 0 unspecified atom stereocenters. The van der Waals surface area contributed by atoms with E-state index in [1.807, 2.05) is 89.8 Å². The molecule has 5 rings (SSSR count). The molecule has 1 aliphatic rings. The van der Waals surface area contributed by atoms with E-state index in [2.05, 4.69) is 5.32 Å². The van der Waals surface area contributed by atoms with Gasteiger partial charge in [-0.15, -0.1) is 0 Å². The summed E-state index contributed by atoms with van der Waals surface area (Å²) in [4.78, 5) is 27.0. The summed E-state index contributed by atoms with van der Waals surface area (Å²) in [7, 11) is 0. The largest absolute Gasteiger partial charge is 0.338 e. The number of nitrogens with zero attached hydrogens (tertiary/aromatic N) is 3. The third kappa shape index (κ3) is 4.55. The quantitative estimate of drug-likeness (QED) is 0.467. The lowest BCUT2D eigenvalue weighted by Crippen LogP contribution is -2.24. The zero-order valence-electron chi connectivity index (χ0n) is 18.1. The van der Waals surface area contributed by atoms with Crippen LogP contribution in [0.5, 0.6) is 0 Å². The van der Waals surface area contributed by atoms with Gasteiger partial charge in [0.05, 0.1) is 11.4 Å². The highest BCUT2D eigenvalue weighted by atomic mass is 16.2. The molecule has 1 aromatic heterocycles. The second kappa shape index (κ2) is 9.12. The van der Waals surface area contributed by atoms with Gasteiger partial charge in [0.25, 0.3) is 5.91 Å². The monoisotopic (exact) mass is 436 g/mol. The highest BCUT2D eigenvalue weighted by molar-refractivity contribution is 6.04. The van der Waals surface area contributed by atoms with Gasteiger partial charge in [-0.3, -0.25) is 9.59 Å². The highest BCUT2D eigenvalue weighted by Gasteiger charge is 2.20. The fourth-order valence-corrected chi connectivity index (χ4v) is 4.08. The van der Waals surface area contributed by atoms with Crippen molar-refractivity contribution in [2.75, 3.05) is 11.9 Å². The Bertz CT molecular complexity index is 1280. The first-order valence-corrected chi connectivity index (χ1v) is 11.1. The van der Waals surface area contributed by atoms with E-state index in [1.165, 1.54) is 0 Å². The summed E-state index contributed by atoms with van der Waals surface area (Å²) in [5.74, 6) is 0.538. The molecule has 1 saturated heterocycles. The minimum Gasteiger partial charge on any atom is -0.338 e. The van der Waals surface area contributed by atoms with Crippen LogP contribution in [0.4, 0.5) is 5.82 Å². The second-order valence-electron chi connectivity index (χ2n) is 8.10. The maximum Gasteiger partial charge on any atom is 0.256 e. The number of carbonyl (C=O) groups excluding carboxylic acids is 2. The molecule has 0 atom stereocenters. The number of hydrogen-bond donors (Lipinski definition) is 1. The average Bonchev–Trinajstić information content (AvgIpc) is 3.46. The number of benzene rings is 3. The molecule has 1 N–H and O–H groups in total. The van der Waals surface area contributed by atoms with E-state index < -0.39 is 0 Å². The van der Waals surface area contributed by atoms with Crippen LogP contribution in [0.2, 0.25) is 0 Å². The number of nitrogens with one attached hydrogen (secondary N) is 1. The van der Waals surface area contributed by atoms with Crippen LogP contribution in [0.3, 0.4) is 0 Å². The van der Waals surface area contributed by atoms with Gasteiger partial charge in [0, 0.05) is 36.7 Å². The van der Waals surface area contributed by atoms with Crippen LogP contribution in [0.15, 0.2) is 91.0 Å². The molecule has 1 fully saturated rings. The molecule has 0 saturated carbocycles. The summed E-state index contributed by atoms with van der Waals surface area (Å²) in [6.45, 7) is 1.30. The van der Waals surface area contributed by atoms with E-state index in [0.29, 0.717) is 24.3 Å². The maximum absolute atomic E-state index is 13.2. The van der Waals surface area contributed by atoms with Crippen molar-refractivity contribution in [2.45, 2.75) is 19.4 Å². The molecule has 2 amide bonds. The molecular weight excluding hydrogens is 412 g/mol. The van der Waals surface area contributed by atoms with Crippen LogP contribution in [0.1, 0.15) is 28.8 Å². The summed E-state index contributed by atoms with van der Waals surface area (Å²) in [6, 6.07) is 28.9. The SMILES string of the molecule is O=C(Nc1cc(-c2ccccc2)nn1-c1ccccc1)c1cccc(CN2CCCC2=O)c1. The van der Waals surface area contributed by atoms with Gasteiger partial charge >= 0.3 is 0 Å². The zero-order valence-corrected chi connectivity index (χ0v) is 18.1. The molecule has 6 heteroatoms. The number of aromatic nitrogens is 2. The lowest BCUT2D eigenvalue weighted by Gasteiger charge is -2.16. The number of amides is 2. The Morgan fingerprint density at radius 1 is 0.909 bits per heavy atom. The molecule has 4 aromatic rings.